The molecule has 2 heterocycles. The number of hydrogen-bond acceptors (Lipinski definition) is 8. The Balaban J connectivity index is 1.96. The van der Waals surface area contributed by atoms with Crippen molar-refractivity contribution in [2.24, 2.45) is 0 Å². The number of nitriles is 2. The molecule has 0 aliphatic carbocycles. The highest BCUT2D eigenvalue weighted by Gasteiger charge is 2.21. The zero-order valence-electron chi connectivity index (χ0n) is 16.7. The largest absolute Gasteiger partial charge is 0.368 e. The van der Waals surface area contributed by atoms with Crippen molar-refractivity contribution in [1.82, 2.24) is 19.5 Å². The van der Waals surface area contributed by atoms with E-state index in [0.717, 1.165) is 0 Å². The van der Waals surface area contributed by atoms with Crippen LogP contribution in [-0.2, 0) is 0 Å². The van der Waals surface area contributed by atoms with Crippen molar-refractivity contribution in [2.45, 2.75) is 13.0 Å². The van der Waals surface area contributed by atoms with Crippen LogP contribution >= 0.6 is 11.6 Å². The van der Waals surface area contributed by atoms with E-state index in [0.29, 0.717) is 22.6 Å². The quantitative estimate of drug-likeness (QED) is 0.489. The van der Waals surface area contributed by atoms with Crippen LogP contribution in [0.1, 0.15) is 29.9 Å². The van der Waals surface area contributed by atoms with E-state index < -0.39 is 6.04 Å². The molecule has 0 radical (unpaired) electrons. The molecular formula is C22H15ClN8O. The second-order valence-electron chi connectivity index (χ2n) is 6.87. The van der Waals surface area contributed by atoms with Crippen molar-refractivity contribution in [1.29, 1.82) is 10.5 Å². The number of aromatic nitrogens is 4. The van der Waals surface area contributed by atoms with Crippen LogP contribution in [0.2, 0.25) is 5.02 Å². The lowest BCUT2D eigenvalue weighted by Crippen LogP contribution is -2.28. The summed E-state index contributed by atoms with van der Waals surface area (Å²) in [5, 5.41) is 22.3. The fraction of sp³-hybridized carbons (Fsp3) is 0.0909. The molecule has 2 aromatic carbocycles. The first kappa shape index (κ1) is 20.8. The van der Waals surface area contributed by atoms with Gasteiger partial charge in [-0.05, 0) is 37.3 Å². The van der Waals surface area contributed by atoms with Gasteiger partial charge in [0.1, 0.15) is 23.3 Å². The Kier molecular flexibility index (Phi) is 5.42. The maximum atomic E-state index is 13.5. The first-order chi connectivity index (χ1) is 15.4. The molecule has 32 heavy (non-hydrogen) atoms. The molecule has 10 heteroatoms. The Labute approximate surface area is 187 Å². The molecule has 0 bridgehead atoms. The molecule has 0 spiro atoms. The highest BCUT2D eigenvalue weighted by Crippen LogP contribution is 2.25. The molecule has 4 aromatic rings. The van der Waals surface area contributed by atoms with Gasteiger partial charge in [-0.1, -0.05) is 23.7 Å². The second-order valence-corrected chi connectivity index (χ2v) is 7.28. The summed E-state index contributed by atoms with van der Waals surface area (Å²) in [6.45, 7) is 1.77. The lowest BCUT2D eigenvalue weighted by Gasteiger charge is -2.20. The number of nitrogen functional groups attached to an aromatic ring is 1. The monoisotopic (exact) mass is 442 g/mol. The van der Waals surface area contributed by atoms with Gasteiger partial charge in [-0.25, -0.2) is 9.97 Å². The summed E-state index contributed by atoms with van der Waals surface area (Å²) < 4.78 is 1.39. The maximum Gasteiger partial charge on any atom is 0.267 e. The van der Waals surface area contributed by atoms with E-state index in [4.69, 9.17) is 17.3 Å². The summed E-state index contributed by atoms with van der Waals surface area (Å²) in [6.07, 6.45) is 1.31. The summed E-state index contributed by atoms with van der Waals surface area (Å²) in [5.41, 5.74) is 6.74. The molecule has 9 nitrogen and oxygen atoms in total. The van der Waals surface area contributed by atoms with Crippen molar-refractivity contribution < 1.29 is 0 Å². The molecule has 0 amide bonds. The second kappa shape index (κ2) is 8.34. The molecule has 4 rings (SSSR count). The van der Waals surface area contributed by atoms with Crippen molar-refractivity contribution in [3.8, 4) is 17.8 Å². The van der Waals surface area contributed by atoms with Crippen molar-refractivity contribution in [3.05, 3.63) is 81.0 Å². The van der Waals surface area contributed by atoms with Crippen LogP contribution in [0.15, 0.2) is 53.5 Å². The molecule has 3 N–H and O–H groups in total. The standard InChI is InChI=1S/C22H15ClN8O/c1-12(28-19-14(10-25)11-27-22(26)30-19)20-29-17-7-3-6-16(23)18(17)21(32)31(20)15-5-2-4-13(8-15)9-24/h2-8,11-12H,1H3,(H3,26,27,28,30)/t12-/m0/s1. The first-order valence-corrected chi connectivity index (χ1v) is 9.81. The maximum absolute atomic E-state index is 13.5. The van der Waals surface area contributed by atoms with Gasteiger partial charge in [-0.3, -0.25) is 9.36 Å². The average Bonchev–Trinajstić information content (AvgIpc) is 2.79. The number of nitrogens with two attached hydrogens (primary N) is 1. The van der Waals surface area contributed by atoms with Gasteiger partial charge in [-0.2, -0.15) is 15.5 Å². The molecular weight excluding hydrogens is 428 g/mol. The smallest absolute Gasteiger partial charge is 0.267 e. The molecule has 0 aliphatic rings. The van der Waals surface area contributed by atoms with Gasteiger partial charge in [0.05, 0.1) is 45.5 Å². The Bertz CT molecular complexity index is 1500. The van der Waals surface area contributed by atoms with E-state index in [-0.39, 0.29) is 33.3 Å². The molecule has 0 unspecified atom stereocenters. The SMILES string of the molecule is C[C@H](Nc1nc(N)ncc1C#N)c1nc2cccc(Cl)c2c(=O)n1-c1cccc(C#N)c1. The zero-order valence-corrected chi connectivity index (χ0v) is 17.5. The molecule has 0 saturated carbocycles. The van der Waals surface area contributed by atoms with Crippen molar-refractivity contribution in [2.75, 3.05) is 11.1 Å². The first-order valence-electron chi connectivity index (χ1n) is 9.43. The summed E-state index contributed by atoms with van der Waals surface area (Å²) in [7, 11) is 0. The number of anilines is 2. The van der Waals surface area contributed by atoms with Crippen molar-refractivity contribution >= 4 is 34.3 Å². The number of benzene rings is 2. The van der Waals surface area contributed by atoms with Crippen LogP contribution in [-0.4, -0.2) is 19.5 Å². The molecule has 0 saturated heterocycles. The number of hydrogen-bond donors (Lipinski definition) is 2. The van der Waals surface area contributed by atoms with Gasteiger partial charge in [0.25, 0.3) is 5.56 Å². The van der Waals surface area contributed by atoms with Crippen LogP contribution in [0, 0.1) is 22.7 Å². The van der Waals surface area contributed by atoms with E-state index in [9.17, 15) is 15.3 Å². The number of rotatable bonds is 4. The normalized spacial score (nSPS) is 11.5. The van der Waals surface area contributed by atoms with Gasteiger partial charge in [0.15, 0.2) is 0 Å². The van der Waals surface area contributed by atoms with Gasteiger partial charge >= 0.3 is 0 Å². The topological polar surface area (TPSA) is 146 Å². The predicted octanol–water partition coefficient (Wildman–Crippen LogP) is 3.33. The minimum absolute atomic E-state index is 0.00364. The lowest BCUT2D eigenvalue weighted by molar-refractivity contribution is 0.730. The van der Waals surface area contributed by atoms with E-state index in [2.05, 4.69) is 26.3 Å². The van der Waals surface area contributed by atoms with E-state index in [1.165, 1.54) is 10.8 Å². The molecule has 156 valence electrons. The van der Waals surface area contributed by atoms with Gasteiger partial charge < -0.3 is 11.1 Å². The number of nitrogens with zero attached hydrogens (tertiary/aromatic N) is 6. The summed E-state index contributed by atoms with van der Waals surface area (Å²) in [5.74, 6) is 0.544. The van der Waals surface area contributed by atoms with E-state index in [1.807, 2.05) is 6.07 Å². The number of halogens is 1. The third-order valence-corrected chi connectivity index (χ3v) is 5.09. The average molecular weight is 443 g/mol. The minimum atomic E-state index is -0.585. The predicted molar refractivity (Wildman–Crippen MR) is 120 cm³/mol. The van der Waals surface area contributed by atoms with Crippen LogP contribution < -0.4 is 16.6 Å². The third kappa shape index (κ3) is 3.69. The van der Waals surface area contributed by atoms with Crippen LogP contribution in [0.25, 0.3) is 16.6 Å². The third-order valence-electron chi connectivity index (χ3n) is 4.77. The summed E-state index contributed by atoms with van der Waals surface area (Å²) in [4.78, 5) is 26.1. The Morgan fingerprint density at radius 3 is 2.69 bits per heavy atom. The van der Waals surface area contributed by atoms with Crippen LogP contribution in [0.4, 0.5) is 11.8 Å². The number of nitrogens with one attached hydrogen (secondary N) is 1. The molecule has 0 aliphatic heterocycles. The highest BCUT2D eigenvalue weighted by atomic mass is 35.5. The molecule has 1 atom stereocenters. The zero-order chi connectivity index (χ0) is 22.8. The van der Waals surface area contributed by atoms with Crippen molar-refractivity contribution in [3.63, 3.8) is 0 Å². The Morgan fingerprint density at radius 2 is 1.94 bits per heavy atom. The molecule has 0 fully saturated rings. The highest BCUT2D eigenvalue weighted by molar-refractivity contribution is 6.35. The van der Waals surface area contributed by atoms with E-state index >= 15 is 0 Å². The Morgan fingerprint density at radius 1 is 1.16 bits per heavy atom. The number of fused-ring (bicyclic) bond motifs is 1. The Hall–Kier alpha value is -4.47. The summed E-state index contributed by atoms with van der Waals surface area (Å²) >= 11 is 6.31. The van der Waals surface area contributed by atoms with Crippen LogP contribution in [0.5, 0.6) is 0 Å². The fourth-order valence-electron chi connectivity index (χ4n) is 3.32. The fourth-order valence-corrected chi connectivity index (χ4v) is 3.57. The lowest BCUT2D eigenvalue weighted by atomic mass is 10.1. The summed E-state index contributed by atoms with van der Waals surface area (Å²) in [6, 6.07) is 15.1. The minimum Gasteiger partial charge on any atom is -0.368 e. The van der Waals surface area contributed by atoms with Gasteiger partial charge in [0.2, 0.25) is 5.95 Å². The van der Waals surface area contributed by atoms with E-state index in [1.54, 1.807) is 49.4 Å². The van der Waals surface area contributed by atoms with Gasteiger partial charge in [0, 0.05) is 0 Å². The molecule has 2 aromatic heterocycles. The van der Waals surface area contributed by atoms with Crippen LogP contribution in [0.3, 0.4) is 0 Å². The van der Waals surface area contributed by atoms with Gasteiger partial charge in [-0.15, -0.1) is 0 Å².